The first kappa shape index (κ1) is 14.9. The number of nitrogens with zero attached hydrogens (tertiary/aromatic N) is 4. The highest BCUT2D eigenvalue weighted by Gasteiger charge is 2.57. The number of carboxylic acid groups (broad SMARTS) is 1. The number of benzene rings is 1. The second-order valence-corrected chi connectivity index (χ2v) is 5.37. The highest BCUT2D eigenvalue weighted by Crippen LogP contribution is 2.46. The Morgan fingerprint density at radius 2 is 2.13 bits per heavy atom. The average molecular weight is 317 g/mol. The third kappa shape index (κ3) is 2.50. The standard InChI is InChI=1S/C14H15N5O4/c1-8-16-17-18-19(8)10-7-9(3-4-11(10)23-2)15-12(20)14(5-6-14)13(21)22/h3-4,7H,5-6H2,1-2H3,(H,15,20)(H,21,22). The largest absolute Gasteiger partial charge is 0.494 e. The van der Waals surface area contributed by atoms with E-state index in [-0.39, 0.29) is 0 Å². The average Bonchev–Trinajstić information content (AvgIpc) is 3.24. The Kier molecular flexibility index (Phi) is 3.47. The van der Waals surface area contributed by atoms with Crippen molar-refractivity contribution < 1.29 is 19.4 Å². The Bertz CT molecular complexity index is 781. The summed E-state index contributed by atoms with van der Waals surface area (Å²) < 4.78 is 6.75. The highest BCUT2D eigenvalue weighted by atomic mass is 16.5. The predicted octanol–water partition coefficient (Wildman–Crippen LogP) is 0.783. The second kappa shape index (κ2) is 5.34. The van der Waals surface area contributed by atoms with Crippen LogP contribution in [-0.4, -0.2) is 44.3 Å². The Morgan fingerprint density at radius 3 is 2.65 bits per heavy atom. The molecule has 1 aliphatic rings. The number of anilines is 1. The maximum absolute atomic E-state index is 12.2. The molecule has 1 aliphatic carbocycles. The van der Waals surface area contributed by atoms with Crippen LogP contribution in [0.5, 0.6) is 5.75 Å². The van der Waals surface area contributed by atoms with Crippen molar-refractivity contribution in [1.29, 1.82) is 0 Å². The van der Waals surface area contributed by atoms with E-state index in [1.165, 1.54) is 11.8 Å². The molecule has 1 aromatic heterocycles. The van der Waals surface area contributed by atoms with E-state index in [2.05, 4.69) is 20.8 Å². The smallest absolute Gasteiger partial charge is 0.319 e. The summed E-state index contributed by atoms with van der Waals surface area (Å²) in [5.74, 6) is -0.539. The number of carbonyl (C=O) groups is 2. The lowest BCUT2D eigenvalue weighted by Crippen LogP contribution is -2.31. The van der Waals surface area contributed by atoms with Crippen LogP contribution in [0.4, 0.5) is 5.69 Å². The molecule has 0 radical (unpaired) electrons. The number of hydrogen-bond acceptors (Lipinski definition) is 6. The summed E-state index contributed by atoms with van der Waals surface area (Å²) in [5.41, 5.74) is -0.300. The fourth-order valence-corrected chi connectivity index (χ4v) is 2.30. The normalized spacial score (nSPS) is 15.0. The summed E-state index contributed by atoms with van der Waals surface area (Å²) in [6.45, 7) is 1.73. The Hall–Kier alpha value is -2.97. The molecular weight excluding hydrogens is 302 g/mol. The number of tetrazole rings is 1. The molecule has 0 aliphatic heterocycles. The van der Waals surface area contributed by atoms with E-state index >= 15 is 0 Å². The monoisotopic (exact) mass is 317 g/mol. The highest BCUT2D eigenvalue weighted by molar-refractivity contribution is 6.10. The van der Waals surface area contributed by atoms with Crippen molar-refractivity contribution in [2.45, 2.75) is 19.8 Å². The van der Waals surface area contributed by atoms with Gasteiger partial charge in [0.25, 0.3) is 0 Å². The van der Waals surface area contributed by atoms with Gasteiger partial charge in [-0.3, -0.25) is 9.59 Å². The molecule has 120 valence electrons. The van der Waals surface area contributed by atoms with E-state index in [4.69, 9.17) is 9.84 Å². The van der Waals surface area contributed by atoms with Crippen LogP contribution in [0.25, 0.3) is 5.69 Å². The molecule has 0 saturated heterocycles. The van der Waals surface area contributed by atoms with Crippen LogP contribution in [0.1, 0.15) is 18.7 Å². The summed E-state index contributed by atoms with van der Waals surface area (Å²) in [7, 11) is 1.51. The van der Waals surface area contributed by atoms with E-state index in [1.807, 2.05) is 0 Å². The zero-order chi connectivity index (χ0) is 16.6. The first-order valence-electron chi connectivity index (χ1n) is 6.96. The van der Waals surface area contributed by atoms with E-state index in [1.54, 1.807) is 25.1 Å². The van der Waals surface area contributed by atoms with Gasteiger partial charge < -0.3 is 15.2 Å². The lowest BCUT2D eigenvalue weighted by atomic mass is 10.1. The lowest BCUT2D eigenvalue weighted by molar-refractivity contribution is -0.147. The van der Waals surface area contributed by atoms with Crippen LogP contribution in [0, 0.1) is 12.3 Å². The first-order chi connectivity index (χ1) is 11.0. The first-order valence-corrected chi connectivity index (χ1v) is 6.96. The summed E-state index contributed by atoms with van der Waals surface area (Å²) in [4.78, 5) is 23.4. The number of carboxylic acids is 1. The minimum Gasteiger partial charge on any atom is -0.494 e. The minimum atomic E-state index is -1.30. The van der Waals surface area contributed by atoms with Crippen LogP contribution in [0.2, 0.25) is 0 Å². The van der Waals surface area contributed by atoms with Crippen molar-refractivity contribution in [2.75, 3.05) is 12.4 Å². The third-order valence-electron chi connectivity index (χ3n) is 3.88. The van der Waals surface area contributed by atoms with Crippen molar-refractivity contribution in [3.8, 4) is 11.4 Å². The number of rotatable bonds is 5. The molecule has 0 bridgehead atoms. The van der Waals surface area contributed by atoms with E-state index in [0.29, 0.717) is 35.8 Å². The van der Waals surface area contributed by atoms with Gasteiger partial charge in [-0.1, -0.05) is 0 Å². The fourth-order valence-electron chi connectivity index (χ4n) is 2.30. The van der Waals surface area contributed by atoms with E-state index < -0.39 is 17.3 Å². The molecule has 0 atom stereocenters. The van der Waals surface area contributed by atoms with Crippen molar-refractivity contribution in [1.82, 2.24) is 20.2 Å². The fraction of sp³-hybridized carbons (Fsp3) is 0.357. The third-order valence-corrected chi connectivity index (χ3v) is 3.88. The molecule has 3 rings (SSSR count). The number of carbonyl (C=O) groups excluding carboxylic acids is 1. The van der Waals surface area contributed by atoms with Crippen molar-refractivity contribution in [3.05, 3.63) is 24.0 Å². The zero-order valence-electron chi connectivity index (χ0n) is 12.6. The number of methoxy groups -OCH3 is 1. The summed E-state index contributed by atoms with van der Waals surface area (Å²) in [6.07, 6.45) is 0.701. The number of hydrogen-bond donors (Lipinski definition) is 2. The lowest BCUT2D eigenvalue weighted by Gasteiger charge is -2.14. The second-order valence-electron chi connectivity index (χ2n) is 5.37. The maximum atomic E-state index is 12.2. The van der Waals surface area contributed by atoms with Gasteiger partial charge in [0.15, 0.2) is 5.82 Å². The molecule has 9 nitrogen and oxygen atoms in total. The van der Waals surface area contributed by atoms with Crippen LogP contribution < -0.4 is 10.1 Å². The quantitative estimate of drug-likeness (QED) is 0.782. The molecule has 2 aromatic rings. The summed E-state index contributed by atoms with van der Waals surface area (Å²) in [6, 6.07) is 4.93. The van der Waals surface area contributed by atoms with Gasteiger partial charge >= 0.3 is 5.97 Å². The Balaban J connectivity index is 1.92. The van der Waals surface area contributed by atoms with Gasteiger partial charge in [-0.25, -0.2) is 0 Å². The van der Waals surface area contributed by atoms with E-state index in [0.717, 1.165) is 0 Å². The molecule has 1 heterocycles. The number of nitrogens with one attached hydrogen (secondary N) is 1. The van der Waals surface area contributed by atoms with Gasteiger partial charge in [-0.15, -0.1) is 5.10 Å². The zero-order valence-corrected chi connectivity index (χ0v) is 12.6. The van der Waals surface area contributed by atoms with Gasteiger partial charge in [0.05, 0.1) is 7.11 Å². The summed E-state index contributed by atoms with van der Waals surface area (Å²) >= 11 is 0. The van der Waals surface area contributed by atoms with Crippen LogP contribution in [-0.2, 0) is 9.59 Å². The molecule has 0 spiro atoms. The van der Waals surface area contributed by atoms with Crippen LogP contribution in [0.15, 0.2) is 18.2 Å². The van der Waals surface area contributed by atoms with Gasteiger partial charge in [-0.2, -0.15) is 4.68 Å². The molecule has 0 unspecified atom stereocenters. The van der Waals surface area contributed by atoms with Crippen molar-refractivity contribution >= 4 is 17.6 Å². The van der Waals surface area contributed by atoms with Gasteiger partial charge in [0.2, 0.25) is 5.91 Å². The molecular formula is C14H15N5O4. The van der Waals surface area contributed by atoms with Gasteiger partial charge in [0.1, 0.15) is 16.9 Å². The predicted molar refractivity (Wildman–Crippen MR) is 78.4 cm³/mol. The minimum absolute atomic E-state index is 0.350. The number of aromatic nitrogens is 4. The molecule has 2 N–H and O–H groups in total. The summed E-state index contributed by atoms with van der Waals surface area (Å²) in [5, 5.41) is 23.1. The van der Waals surface area contributed by atoms with Crippen molar-refractivity contribution in [3.63, 3.8) is 0 Å². The topological polar surface area (TPSA) is 119 Å². The van der Waals surface area contributed by atoms with Crippen molar-refractivity contribution in [2.24, 2.45) is 5.41 Å². The molecule has 1 aromatic carbocycles. The maximum Gasteiger partial charge on any atom is 0.319 e. The Morgan fingerprint density at radius 1 is 1.39 bits per heavy atom. The molecule has 1 amide bonds. The number of aliphatic carboxylic acids is 1. The molecule has 9 heteroatoms. The molecule has 1 fully saturated rings. The van der Waals surface area contributed by atoms with Crippen LogP contribution >= 0.6 is 0 Å². The molecule has 23 heavy (non-hydrogen) atoms. The SMILES string of the molecule is COc1ccc(NC(=O)C2(C(=O)O)CC2)cc1-n1nnnc1C. The van der Waals surface area contributed by atoms with E-state index in [9.17, 15) is 9.59 Å². The number of ether oxygens (including phenoxy) is 1. The number of aryl methyl sites for hydroxylation is 1. The van der Waals surface area contributed by atoms with Crippen LogP contribution in [0.3, 0.4) is 0 Å². The van der Waals surface area contributed by atoms with Gasteiger partial charge in [0, 0.05) is 5.69 Å². The Labute approximate surface area is 131 Å². The number of amides is 1. The molecule has 1 saturated carbocycles. The van der Waals surface area contributed by atoms with Gasteiger partial charge in [-0.05, 0) is 48.4 Å².